The second kappa shape index (κ2) is 6.28. The van der Waals surface area contributed by atoms with Crippen molar-refractivity contribution in [3.05, 3.63) is 63.9 Å². The van der Waals surface area contributed by atoms with Gasteiger partial charge in [-0.15, -0.1) is 10.2 Å². The summed E-state index contributed by atoms with van der Waals surface area (Å²) in [4.78, 5) is 0. The summed E-state index contributed by atoms with van der Waals surface area (Å²) >= 11 is 9.32. The number of aromatic nitrogens is 2. The quantitative estimate of drug-likeness (QED) is 0.670. The molecule has 3 rings (SSSR count). The molecule has 0 aliphatic heterocycles. The maximum absolute atomic E-state index is 5.94. The van der Waals surface area contributed by atoms with Crippen LogP contribution in [0.5, 0.6) is 5.75 Å². The van der Waals surface area contributed by atoms with Crippen molar-refractivity contribution in [2.45, 2.75) is 6.61 Å². The van der Waals surface area contributed by atoms with Crippen LogP contribution < -0.4 is 4.74 Å². The second-order valence-electron chi connectivity index (χ2n) is 4.26. The van der Waals surface area contributed by atoms with E-state index in [4.69, 9.17) is 20.8 Å². The van der Waals surface area contributed by atoms with Gasteiger partial charge in [-0.05, 0) is 36.4 Å². The van der Waals surface area contributed by atoms with Crippen LogP contribution in [0.3, 0.4) is 0 Å². The highest BCUT2D eigenvalue weighted by Crippen LogP contribution is 2.22. The molecule has 0 unspecified atom stereocenters. The molecule has 3 aromatic rings. The highest BCUT2D eigenvalue weighted by atomic mass is 79.9. The van der Waals surface area contributed by atoms with Gasteiger partial charge in [0.15, 0.2) is 6.61 Å². The zero-order chi connectivity index (χ0) is 14.7. The highest BCUT2D eigenvalue weighted by Gasteiger charge is 2.09. The monoisotopic (exact) mass is 364 g/mol. The van der Waals surface area contributed by atoms with Crippen molar-refractivity contribution >= 4 is 27.5 Å². The van der Waals surface area contributed by atoms with Gasteiger partial charge in [0.1, 0.15) is 5.75 Å². The van der Waals surface area contributed by atoms with E-state index in [0.29, 0.717) is 16.8 Å². The Balaban J connectivity index is 1.71. The topological polar surface area (TPSA) is 48.2 Å². The van der Waals surface area contributed by atoms with Gasteiger partial charge in [-0.2, -0.15) is 0 Å². The van der Waals surface area contributed by atoms with E-state index in [2.05, 4.69) is 26.1 Å². The largest absolute Gasteiger partial charge is 0.484 e. The molecule has 0 spiro atoms. The smallest absolute Gasteiger partial charge is 0.254 e. The molecular weight excluding hydrogens is 356 g/mol. The maximum atomic E-state index is 5.94. The summed E-state index contributed by atoms with van der Waals surface area (Å²) < 4.78 is 12.1. The third-order valence-corrected chi connectivity index (χ3v) is 3.43. The molecule has 0 fully saturated rings. The Morgan fingerprint density at radius 1 is 1.10 bits per heavy atom. The fourth-order valence-corrected chi connectivity index (χ4v) is 2.32. The first kappa shape index (κ1) is 14.1. The SMILES string of the molecule is Clc1cccc(-c2nnc(COc3cccc(Br)c3)o2)c1. The van der Waals surface area contributed by atoms with Crippen molar-refractivity contribution in [3.8, 4) is 17.2 Å². The number of hydrogen-bond acceptors (Lipinski definition) is 4. The van der Waals surface area contributed by atoms with Gasteiger partial charge in [0.25, 0.3) is 5.89 Å². The zero-order valence-corrected chi connectivity index (χ0v) is 13.1. The summed E-state index contributed by atoms with van der Waals surface area (Å²) in [5.74, 6) is 1.56. The van der Waals surface area contributed by atoms with Crippen molar-refractivity contribution in [2.24, 2.45) is 0 Å². The van der Waals surface area contributed by atoms with E-state index in [1.54, 1.807) is 12.1 Å². The summed E-state index contributed by atoms with van der Waals surface area (Å²) in [6.45, 7) is 0.212. The van der Waals surface area contributed by atoms with Crippen molar-refractivity contribution in [3.63, 3.8) is 0 Å². The van der Waals surface area contributed by atoms with Crippen LogP contribution in [0.2, 0.25) is 5.02 Å². The Morgan fingerprint density at radius 2 is 1.95 bits per heavy atom. The molecule has 2 aromatic carbocycles. The average molecular weight is 366 g/mol. The molecule has 0 N–H and O–H groups in total. The van der Waals surface area contributed by atoms with Crippen molar-refractivity contribution in [2.75, 3.05) is 0 Å². The van der Waals surface area contributed by atoms with E-state index in [0.717, 1.165) is 15.8 Å². The minimum Gasteiger partial charge on any atom is -0.484 e. The molecular formula is C15H10BrClN2O2. The van der Waals surface area contributed by atoms with Crippen molar-refractivity contribution in [1.29, 1.82) is 0 Å². The zero-order valence-electron chi connectivity index (χ0n) is 10.8. The molecule has 106 valence electrons. The van der Waals surface area contributed by atoms with Gasteiger partial charge in [0, 0.05) is 15.1 Å². The fourth-order valence-electron chi connectivity index (χ4n) is 1.75. The Kier molecular flexibility index (Phi) is 4.22. The predicted octanol–water partition coefficient (Wildman–Crippen LogP) is 4.73. The molecule has 4 nitrogen and oxygen atoms in total. The molecule has 1 aromatic heterocycles. The number of nitrogens with zero attached hydrogens (tertiary/aromatic N) is 2. The summed E-state index contributed by atoms with van der Waals surface area (Å²) in [5.41, 5.74) is 0.781. The number of ether oxygens (including phenoxy) is 1. The van der Waals surface area contributed by atoms with Crippen molar-refractivity contribution < 1.29 is 9.15 Å². The number of hydrogen-bond donors (Lipinski definition) is 0. The summed E-state index contributed by atoms with van der Waals surface area (Å²) in [6.07, 6.45) is 0. The first-order valence-corrected chi connectivity index (χ1v) is 7.34. The maximum Gasteiger partial charge on any atom is 0.254 e. The molecule has 0 aliphatic rings. The van der Waals surface area contributed by atoms with Crippen LogP contribution >= 0.6 is 27.5 Å². The van der Waals surface area contributed by atoms with Crippen LogP contribution in [0.4, 0.5) is 0 Å². The minimum atomic E-state index is 0.212. The Morgan fingerprint density at radius 3 is 2.76 bits per heavy atom. The van der Waals surface area contributed by atoms with Gasteiger partial charge in [-0.25, -0.2) is 0 Å². The normalized spacial score (nSPS) is 10.6. The van der Waals surface area contributed by atoms with Gasteiger partial charge < -0.3 is 9.15 Å². The average Bonchev–Trinajstić information content (AvgIpc) is 2.94. The van der Waals surface area contributed by atoms with Crippen LogP contribution in [-0.2, 0) is 6.61 Å². The van der Waals surface area contributed by atoms with E-state index >= 15 is 0 Å². The summed E-state index contributed by atoms with van der Waals surface area (Å²) in [7, 11) is 0. The Labute approximate surface area is 134 Å². The van der Waals surface area contributed by atoms with Crippen LogP contribution in [0.25, 0.3) is 11.5 Å². The Bertz CT molecular complexity index is 761. The van der Waals surface area contributed by atoms with E-state index < -0.39 is 0 Å². The molecule has 0 saturated heterocycles. The lowest BCUT2D eigenvalue weighted by Crippen LogP contribution is -1.95. The summed E-state index contributed by atoms with van der Waals surface area (Å²) in [5, 5.41) is 8.58. The molecule has 0 amide bonds. The molecule has 0 atom stereocenters. The number of halogens is 2. The molecule has 0 saturated carbocycles. The summed E-state index contributed by atoms with van der Waals surface area (Å²) in [6, 6.07) is 14.8. The van der Waals surface area contributed by atoms with Gasteiger partial charge in [0.2, 0.25) is 5.89 Å². The lowest BCUT2D eigenvalue weighted by molar-refractivity contribution is 0.264. The lowest BCUT2D eigenvalue weighted by Gasteiger charge is -2.02. The predicted molar refractivity (Wildman–Crippen MR) is 83.2 cm³/mol. The Hall–Kier alpha value is -1.85. The number of benzene rings is 2. The van der Waals surface area contributed by atoms with Gasteiger partial charge in [0.05, 0.1) is 0 Å². The first-order valence-electron chi connectivity index (χ1n) is 6.17. The molecule has 1 heterocycles. The lowest BCUT2D eigenvalue weighted by atomic mass is 10.2. The second-order valence-corrected chi connectivity index (χ2v) is 5.61. The van der Waals surface area contributed by atoms with E-state index in [1.165, 1.54) is 0 Å². The van der Waals surface area contributed by atoms with Gasteiger partial charge in [-0.3, -0.25) is 0 Å². The first-order chi connectivity index (χ1) is 10.2. The van der Waals surface area contributed by atoms with E-state index in [1.807, 2.05) is 36.4 Å². The van der Waals surface area contributed by atoms with E-state index in [9.17, 15) is 0 Å². The van der Waals surface area contributed by atoms with Crippen LogP contribution in [0.15, 0.2) is 57.4 Å². The fraction of sp³-hybridized carbons (Fsp3) is 0.0667. The standard InChI is InChI=1S/C15H10BrClN2O2/c16-11-4-2-6-13(8-11)20-9-14-18-19-15(21-14)10-3-1-5-12(17)7-10/h1-8H,9H2. The van der Waals surface area contributed by atoms with Crippen LogP contribution in [0.1, 0.15) is 5.89 Å². The molecule has 0 bridgehead atoms. The van der Waals surface area contributed by atoms with Crippen LogP contribution in [0, 0.1) is 0 Å². The molecule has 21 heavy (non-hydrogen) atoms. The van der Waals surface area contributed by atoms with Crippen molar-refractivity contribution in [1.82, 2.24) is 10.2 Å². The molecule has 0 aliphatic carbocycles. The van der Waals surface area contributed by atoms with Gasteiger partial charge in [-0.1, -0.05) is 39.7 Å². The highest BCUT2D eigenvalue weighted by molar-refractivity contribution is 9.10. The minimum absolute atomic E-state index is 0.212. The third kappa shape index (κ3) is 3.62. The molecule has 6 heteroatoms. The van der Waals surface area contributed by atoms with E-state index in [-0.39, 0.29) is 6.61 Å². The van der Waals surface area contributed by atoms with Crippen LogP contribution in [-0.4, -0.2) is 10.2 Å². The van der Waals surface area contributed by atoms with Gasteiger partial charge >= 0.3 is 0 Å². The molecule has 0 radical (unpaired) electrons. The number of rotatable bonds is 4. The third-order valence-electron chi connectivity index (χ3n) is 2.70.